The molecule has 3 aromatic heterocycles. The summed E-state index contributed by atoms with van der Waals surface area (Å²) in [4.78, 5) is 29.4. The molecule has 0 bridgehead atoms. The summed E-state index contributed by atoms with van der Waals surface area (Å²) in [6, 6.07) is 24.9. The lowest BCUT2D eigenvalue weighted by Crippen LogP contribution is -2.25. The minimum atomic E-state index is -0.984. The first-order chi connectivity index (χ1) is 18.5. The van der Waals surface area contributed by atoms with E-state index in [4.69, 9.17) is 10.1 Å². The highest BCUT2D eigenvalue weighted by Crippen LogP contribution is 2.26. The van der Waals surface area contributed by atoms with E-state index in [1.165, 1.54) is 29.1 Å². The molecule has 6 rings (SSSR count). The van der Waals surface area contributed by atoms with Crippen molar-refractivity contribution in [3.8, 4) is 11.1 Å². The summed E-state index contributed by atoms with van der Waals surface area (Å²) in [5.41, 5.74) is 5.23. The number of imidazole rings is 1. The van der Waals surface area contributed by atoms with Crippen molar-refractivity contribution in [2.75, 3.05) is 0 Å². The average molecular weight is 519 g/mol. The van der Waals surface area contributed by atoms with Crippen LogP contribution >= 0.6 is 11.5 Å². The van der Waals surface area contributed by atoms with Crippen LogP contribution in [-0.4, -0.2) is 30.7 Å². The van der Waals surface area contributed by atoms with Gasteiger partial charge < -0.3 is 10.4 Å². The van der Waals surface area contributed by atoms with E-state index in [1.54, 1.807) is 24.5 Å². The number of nitrogens with one attached hydrogen (secondary N) is 1. The second-order valence-electron chi connectivity index (χ2n) is 9.02. The van der Waals surface area contributed by atoms with Crippen LogP contribution in [-0.2, 0) is 13.0 Å². The molecule has 6 aromatic rings. The zero-order valence-corrected chi connectivity index (χ0v) is 21.0. The third-order valence-corrected chi connectivity index (χ3v) is 7.11. The lowest BCUT2D eigenvalue weighted by Gasteiger charge is -2.12. The van der Waals surface area contributed by atoms with Gasteiger partial charge in [0, 0.05) is 30.1 Å². The molecule has 1 amide bonds. The lowest BCUT2D eigenvalue weighted by molar-refractivity contribution is 0.0696. The topological polar surface area (TPSA) is 96.6 Å². The summed E-state index contributed by atoms with van der Waals surface area (Å²) < 4.78 is 6.12. The molecule has 0 saturated carbocycles. The second kappa shape index (κ2) is 9.91. The zero-order valence-electron chi connectivity index (χ0n) is 20.2. The van der Waals surface area contributed by atoms with E-state index in [-0.39, 0.29) is 18.0 Å². The van der Waals surface area contributed by atoms with Crippen LogP contribution in [0, 0.1) is 0 Å². The molecule has 0 fully saturated rings. The summed E-state index contributed by atoms with van der Waals surface area (Å²) in [5.74, 6) is -0.469. The van der Waals surface area contributed by atoms with Gasteiger partial charge in [-0.05, 0) is 63.3 Å². The first-order valence-corrected chi connectivity index (χ1v) is 12.9. The number of hydrogen-bond donors (Lipinski definition) is 2. The van der Waals surface area contributed by atoms with E-state index in [0.29, 0.717) is 12.1 Å². The number of aromatic carboxylic acids is 1. The molecule has 0 aliphatic carbocycles. The number of carbonyl (C=O) groups excluding carboxylic acids is 1. The van der Waals surface area contributed by atoms with E-state index >= 15 is 0 Å². The molecule has 7 nitrogen and oxygen atoms in total. The molecule has 3 aromatic carbocycles. The van der Waals surface area contributed by atoms with Crippen LogP contribution in [0.2, 0.25) is 0 Å². The van der Waals surface area contributed by atoms with Crippen molar-refractivity contribution in [1.82, 2.24) is 19.1 Å². The van der Waals surface area contributed by atoms with Gasteiger partial charge in [-0.2, -0.15) is 0 Å². The molecular weight excluding hydrogens is 496 g/mol. The Balaban J connectivity index is 1.35. The monoisotopic (exact) mass is 518 g/mol. The molecular formula is C30H22N4O3S. The van der Waals surface area contributed by atoms with Gasteiger partial charge in [-0.25, -0.2) is 14.2 Å². The number of rotatable bonds is 7. The number of amides is 1. The van der Waals surface area contributed by atoms with Crippen LogP contribution in [0.25, 0.3) is 27.4 Å². The number of carboxylic acid groups (broad SMARTS) is 1. The van der Waals surface area contributed by atoms with Gasteiger partial charge in [0.15, 0.2) is 0 Å². The van der Waals surface area contributed by atoms with E-state index < -0.39 is 5.97 Å². The fourth-order valence-electron chi connectivity index (χ4n) is 4.57. The molecule has 0 unspecified atom stereocenters. The normalized spacial score (nSPS) is 11.2. The van der Waals surface area contributed by atoms with Crippen LogP contribution in [0.1, 0.15) is 37.8 Å². The van der Waals surface area contributed by atoms with Gasteiger partial charge in [0.25, 0.3) is 5.91 Å². The Morgan fingerprint density at radius 1 is 0.868 bits per heavy atom. The summed E-state index contributed by atoms with van der Waals surface area (Å²) in [6.45, 7) is 0.263. The van der Waals surface area contributed by atoms with Crippen LogP contribution in [0.3, 0.4) is 0 Å². The van der Waals surface area contributed by atoms with Gasteiger partial charge in [0.2, 0.25) is 0 Å². The highest BCUT2D eigenvalue weighted by molar-refractivity contribution is 7.03. The Kier molecular flexibility index (Phi) is 6.15. The second-order valence-corrected chi connectivity index (χ2v) is 9.68. The van der Waals surface area contributed by atoms with Crippen LogP contribution in [0.4, 0.5) is 0 Å². The van der Waals surface area contributed by atoms with Gasteiger partial charge in [-0.1, -0.05) is 54.6 Å². The van der Waals surface area contributed by atoms with Crippen molar-refractivity contribution in [1.29, 1.82) is 0 Å². The van der Waals surface area contributed by atoms with Crippen LogP contribution in [0.5, 0.6) is 0 Å². The third kappa shape index (κ3) is 4.65. The van der Waals surface area contributed by atoms with Crippen molar-refractivity contribution >= 4 is 39.7 Å². The van der Waals surface area contributed by atoms with Gasteiger partial charge in [0.1, 0.15) is 11.5 Å². The Hall–Kier alpha value is -4.82. The third-order valence-electron chi connectivity index (χ3n) is 6.53. The Labute approximate surface area is 222 Å². The summed E-state index contributed by atoms with van der Waals surface area (Å²) in [6.07, 6.45) is 4.14. The molecule has 0 radical (unpaired) electrons. The minimum Gasteiger partial charge on any atom is -0.478 e. The molecule has 0 spiro atoms. The molecule has 0 saturated heterocycles. The number of carboxylic acids is 1. The fourth-order valence-corrected chi connectivity index (χ4v) is 5.12. The first kappa shape index (κ1) is 23.6. The van der Waals surface area contributed by atoms with Crippen molar-refractivity contribution in [2.24, 2.45) is 0 Å². The number of nitrogens with zero attached hydrogens (tertiary/aromatic N) is 3. The van der Waals surface area contributed by atoms with E-state index in [0.717, 1.165) is 39.0 Å². The number of hydrogen-bond acceptors (Lipinski definition) is 5. The number of benzene rings is 3. The smallest absolute Gasteiger partial charge is 0.335 e. The highest BCUT2D eigenvalue weighted by Gasteiger charge is 2.17. The molecule has 186 valence electrons. The predicted molar refractivity (Wildman–Crippen MR) is 148 cm³/mol. The van der Waals surface area contributed by atoms with Crippen molar-refractivity contribution in [3.63, 3.8) is 0 Å². The number of carbonyl (C=O) groups is 2. The maximum absolute atomic E-state index is 13.5. The van der Waals surface area contributed by atoms with E-state index in [9.17, 15) is 9.59 Å². The SMILES string of the molecule is O=C(O)c1ccc(CNC(=O)c2cc(-c3cnsc3)cc3cnc(Cc4ccc5ccccc5c4)n23)cc1. The molecule has 0 atom stereocenters. The van der Waals surface area contributed by atoms with Crippen molar-refractivity contribution in [2.45, 2.75) is 13.0 Å². The lowest BCUT2D eigenvalue weighted by atomic mass is 10.0. The number of aromatic nitrogens is 3. The van der Waals surface area contributed by atoms with Crippen LogP contribution < -0.4 is 5.32 Å². The summed E-state index contributed by atoms with van der Waals surface area (Å²) >= 11 is 1.36. The van der Waals surface area contributed by atoms with E-state index in [1.807, 2.05) is 34.0 Å². The summed E-state index contributed by atoms with van der Waals surface area (Å²) in [7, 11) is 0. The maximum Gasteiger partial charge on any atom is 0.335 e. The molecule has 38 heavy (non-hydrogen) atoms. The van der Waals surface area contributed by atoms with Crippen LogP contribution in [0.15, 0.2) is 96.6 Å². The minimum absolute atomic E-state index is 0.204. The molecule has 8 heteroatoms. The molecule has 0 aliphatic rings. The predicted octanol–water partition coefficient (Wildman–Crippen LogP) is 5.83. The van der Waals surface area contributed by atoms with Gasteiger partial charge >= 0.3 is 5.97 Å². The summed E-state index contributed by atoms with van der Waals surface area (Å²) in [5, 5.41) is 16.4. The van der Waals surface area contributed by atoms with Crippen molar-refractivity contribution in [3.05, 3.63) is 125 Å². The quantitative estimate of drug-likeness (QED) is 0.277. The van der Waals surface area contributed by atoms with Gasteiger partial charge in [-0.15, -0.1) is 0 Å². The highest BCUT2D eigenvalue weighted by atomic mass is 32.1. The Morgan fingerprint density at radius 3 is 2.42 bits per heavy atom. The van der Waals surface area contributed by atoms with E-state index in [2.05, 4.69) is 40.0 Å². The van der Waals surface area contributed by atoms with Crippen molar-refractivity contribution < 1.29 is 14.7 Å². The molecule has 2 N–H and O–H groups in total. The zero-order chi connectivity index (χ0) is 26.1. The number of pyridine rings is 1. The largest absolute Gasteiger partial charge is 0.478 e. The number of fused-ring (bicyclic) bond motifs is 2. The first-order valence-electron chi connectivity index (χ1n) is 12.0. The Bertz CT molecular complexity index is 1790. The Morgan fingerprint density at radius 2 is 1.66 bits per heavy atom. The van der Waals surface area contributed by atoms with Gasteiger partial charge in [-0.3, -0.25) is 9.20 Å². The average Bonchev–Trinajstić information content (AvgIpc) is 3.62. The molecule has 3 heterocycles. The standard InChI is InChI=1S/C30H22N4O3S/c35-29(32-15-19-5-9-22(10-6-19)30(36)37)27-14-24(25-16-33-38-18-25)13-26-17-31-28(34(26)27)12-20-7-8-21-3-1-2-4-23(21)11-20/h1-11,13-14,16-18H,12,15H2,(H,32,35)(H,36,37). The fraction of sp³-hybridized carbons (Fsp3) is 0.0667. The van der Waals surface area contributed by atoms with Gasteiger partial charge in [0.05, 0.1) is 17.3 Å². The molecule has 0 aliphatic heterocycles. The maximum atomic E-state index is 13.5.